The molecule has 1 heteroatoms. The van der Waals surface area contributed by atoms with Crippen molar-refractivity contribution in [2.75, 3.05) is 5.75 Å². The minimum atomic E-state index is 0.810. The van der Waals surface area contributed by atoms with Gasteiger partial charge in [-0.2, -0.15) is 11.8 Å². The molecular weight excluding hydrogens is 140 g/mol. The van der Waals surface area contributed by atoms with Crippen LogP contribution in [0.2, 0.25) is 0 Å². The van der Waals surface area contributed by atoms with Gasteiger partial charge in [0.25, 0.3) is 0 Å². The van der Waals surface area contributed by atoms with E-state index in [1.807, 2.05) is 0 Å². The molecule has 1 saturated heterocycles. The third-order valence-electron chi connectivity index (χ3n) is 2.38. The third-order valence-corrected chi connectivity index (χ3v) is 3.72. The minimum Gasteiger partial charge on any atom is -0.154 e. The van der Waals surface area contributed by atoms with Gasteiger partial charge in [0.05, 0.1) is 0 Å². The molecule has 2 rings (SSSR count). The number of thioether (sulfide) groups is 1. The summed E-state index contributed by atoms with van der Waals surface area (Å²) in [6.07, 6.45) is 8.19. The Hall–Kier alpha value is -0.170. The van der Waals surface area contributed by atoms with Gasteiger partial charge in [-0.15, -0.1) is 0 Å². The van der Waals surface area contributed by atoms with Gasteiger partial charge in [0.2, 0.25) is 0 Å². The van der Waals surface area contributed by atoms with Gasteiger partial charge in [-0.25, -0.2) is 0 Å². The first-order valence-electron chi connectivity index (χ1n) is 3.84. The standard InChI is InChI=1S/C9H12S/c1-7-3-2-4-9-8(7)5-6-10-9/h2-4,8-9H,5-6H2,1H3. The Bertz CT molecular complexity index is 191. The van der Waals surface area contributed by atoms with E-state index in [0.29, 0.717) is 0 Å². The lowest BCUT2D eigenvalue weighted by atomic mass is 9.90. The summed E-state index contributed by atoms with van der Waals surface area (Å²) >= 11 is 2.10. The SMILES string of the molecule is CC1=CC=CC2SCCC12. The number of rotatable bonds is 0. The van der Waals surface area contributed by atoms with E-state index in [-0.39, 0.29) is 0 Å². The monoisotopic (exact) mass is 152 g/mol. The third kappa shape index (κ3) is 0.929. The average Bonchev–Trinajstić information content (AvgIpc) is 2.36. The van der Waals surface area contributed by atoms with Crippen molar-refractivity contribution in [3.63, 3.8) is 0 Å². The van der Waals surface area contributed by atoms with Crippen molar-refractivity contribution < 1.29 is 0 Å². The first kappa shape index (κ1) is 6.53. The van der Waals surface area contributed by atoms with E-state index in [4.69, 9.17) is 0 Å². The normalized spacial score (nSPS) is 37.5. The predicted molar refractivity (Wildman–Crippen MR) is 47.3 cm³/mol. The van der Waals surface area contributed by atoms with Crippen LogP contribution in [0.3, 0.4) is 0 Å². The van der Waals surface area contributed by atoms with Crippen molar-refractivity contribution >= 4 is 11.8 Å². The van der Waals surface area contributed by atoms with E-state index < -0.39 is 0 Å². The molecule has 0 spiro atoms. The molecule has 1 aliphatic carbocycles. The molecule has 0 aromatic heterocycles. The lowest BCUT2D eigenvalue weighted by molar-refractivity contribution is 0.640. The number of fused-ring (bicyclic) bond motifs is 1. The zero-order chi connectivity index (χ0) is 6.97. The van der Waals surface area contributed by atoms with E-state index in [2.05, 4.69) is 36.9 Å². The van der Waals surface area contributed by atoms with E-state index in [1.165, 1.54) is 12.2 Å². The fourth-order valence-corrected chi connectivity index (χ4v) is 3.18. The van der Waals surface area contributed by atoms with Crippen LogP contribution < -0.4 is 0 Å². The summed E-state index contributed by atoms with van der Waals surface area (Å²) < 4.78 is 0. The molecule has 54 valence electrons. The highest BCUT2D eigenvalue weighted by Gasteiger charge is 2.27. The highest BCUT2D eigenvalue weighted by atomic mass is 32.2. The van der Waals surface area contributed by atoms with Gasteiger partial charge >= 0.3 is 0 Å². The molecule has 0 saturated carbocycles. The summed E-state index contributed by atoms with van der Waals surface area (Å²) in [6.45, 7) is 2.26. The molecule has 0 aromatic carbocycles. The second kappa shape index (κ2) is 2.46. The van der Waals surface area contributed by atoms with Crippen LogP contribution in [0.15, 0.2) is 23.8 Å². The largest absolute Gasteiger partial charge is 0.154 e. The summed E-state index contributed by atoms with van der Waals surface area (Å²) in [5.41, 5.74) is 1.58. The first-order chi connectivity index (χ1) is 4.88. The molecule has 10 heavy (non-hydrogen) atoms. The molecule has 0 N–H and O–H groups in total. The fourth-order valence-electron chi connectivity index (χ4n) is 1.73. The van der Waals surface area contributed by atoms with Crippen molar-refractivity contribution in [1.82, 2.24) is 0 Å². The van der Waals surface area contributed by atoms with Crippen molar-refractivity contribution in [1.29, 1.82) is 0 Å². The molecule has 2 unspecified atom stereocenters. The van der Waals surface area contributed by atoms with Crippen LogP contribution in [0.4, 0.5) is 0 Å². The van der Waals surface area contributed by atoms with E-state index in [1.54, 1.807) is 5.57 Å². The maximum Gasteiger partial charge on any atom is 0.0295 e. The molecule has 1 aliphatic heterocycles. The maximum absolute atomic E-state index is 2.34. The molecule has 0 aromatic rings. The Labute approximate surface area is 66.4 Å². The molecule has 0 amide bonds. The fraction of sp³-hybridized carbons (Fsp3) is 0.556. The summed E-state index contributed by atoms with van der Waals surface area (Å²) in [5, 5.41) is 0.810. The zero-order valence-electron chi connectivity index (χ0n) is 6.21. The van der Waals surface area contributed by atoms with Crippen LogP contribution >= 0.6 is 11.8 Å². The second-order valence-corrected chi connectivity index (χ2v) is 4.31. The summed E-state index contributed by atoms with van der Waals surface area (Å²) in [6, 6.07) is 0. The molecule has 2 atom stereocenters. The van der Waals surface area contributed by atoms with Gasteiger partial charge in [-0.3, -0.25) is 0 Å². The van der Waals surface area contributed by atoms with Crippen molar-refractivity contribution in [2.45, 2.75) is 18.6 Å². The van der Waals surface area contributed by atoms with Crippen LogP contribution in [-0.4, -0.2) is 11.0 Å². The van der Waals surface area contributed by atoms with Gasteiger partial charge < -0.3 is 0 Å². The molecule has 2 aliphatic rings. The molecular formula is C9H12S. The Kier molecular flexibility index (Phi) is 1.61. The highest BCUT2D eigenvalue weighted by Crippen LogP contribution is 2.39. The van der Waals surface area contributed by atoms with Gasteiger partial charge in [0.15, 0.2) is 0 Å². The summed E-state index contributed by atoms with van der Waals surface area (Å²) in [4.78, 5) is 0. The lowest BCUT2D eigenvalue weighted by Crippen LogP contribution is -2.12. The van der Waals surface area contributed by atoms with Crippen LogP contribution in [0, 0.1) is 5.92 Å². The first-order valence-corrected chi connectivity index (χ1v) is 4.89. The molecule has 1 fully saturated rings. The van der Waals surface area contributed by atoms with Crippen LogP contribution in [0.25, 0.3) is 0 Å². The van der Waals surface area contributed by atoms with Gasteiger partial charge in [0.1, 0.15) is 0 Å². The van der Waals surface area contributed by atoms with Crippen LogP contribution in [-0.2, 0) is 0 Å². The lowest BCUT2D eigenvalue weighted by Gasteiger charge is -2.18. The average molecular weight is 152 g/mol. The summed E-state index contributed by atoms with van der Waals surface area (Å²) in [5.74, 6) is 2.22. The summed E-state index contributed by atoms with van der Waals surface area (Å²) in [7, 11) is 0. The molecule has 0 radical (unpaired) electrons. The quantitative estimate of drug-likeness (QED) is 0.514. The Morgan fingerprint density at radius 2 is 2.50 bits per heavy atom. The minimum absolute atomic E-state index is 0.810. The highest BCUT2D eigenvalue weighted by molar-refractivity contribution is 8.00. The van der Waals surface area contributed by atoms with E-state index >= 15 is 0 Å². The van der Waals surface area contributed by atoms with Crippen LogP contribution in [0.5, 0.6) is 0 Å². The van der Waals surface area contributed by atoms with Crippen LogP contribution in [0.1, 0.15) is 13.3 Å². The van der Waals surface area contributed by atoms with E-state index in [9.17, 15) is 0 Å². The molecule has 0 nitrogen and oxygen atoms in total. The molecule has 1 heterocycles. The number of hydrogen-bond acceptors (Lipinski definition) is 1. The Morgan fingerprint density at radius 3 is 3.30 bits per heavy atom. The van der Waals surface area contributed by atoms with Gasteiger partial charge in [-0.05, 0) is 25.0 Å². The van der Waals surface area contributed by atoms with Crippen molar-refractivity contribution in [3.05, 3.63) is 23.8 Å². The Morgan fingerprint density at radius 1 is 1.60 bits per heavy atom. The van der Waals surface area contributed by atoms with E-state index in [0.717, 1.165) is 11.2 Å². The second-order valence-electron chi connectivity index (χ2n) is 3.03. The topological polar surface area (TPSA) is 0 Å². The van der Waals surface area contributed by atoms with Gasteiger partial charge in [-0.1, -0.05) is 23.8 Å². The maximum atomic E-state index is 2.34. The molecule has 0 bridgehead atoms. The Balaban J connectivity index is 2.24. The number of hydrogen-bond donors (Lipinski definition) is 0. The van der Waals surface area contributed by atoms with Gasteiger partial charge in [0, 0.05) is 5.25 Å². The number of allylic oxidation sites excluding steroid dienone is 3. The van der Waals surface area contributed by atoms with Crippen molar-refractivity contribution in [3.8, 4) is 0 Å². The zero-order valence-corrected chi connectivity index (χ0v) is 7.03. The predicted octanol–water partition coefficient (Wildman–Crippen LogP) is 2.62. The van der Waals surface area contributed by atoms with Crippen molar-refractivity contribution in [2.24, 2.45) is 5.92 Å². The smallest absolute Gasteiger partial charge is 0.0295 e.